The van der Waals surface area contributed by atoms with Crippen LogP contribution in [0.25, 0.3) is 27.8 Å². The highest BCUT2D eigenvalue weighted by molar-refractivity contribution is 5.91. The van der Waals surface area contributed by atoms with Gasteiger partial charge in [0.15, 0.2) is 0 Å². The molecule has 0 bridgehead atoms. The summed E-state index contributed by atoms with van der Waals surface area (Å²) in [6.07, 6.45) is 5.78. The molecule has 6 nitrogen and oxygen atoms in total. The van der Waals surface area contributed by atoms with E-state index >= 15 is 0 Å². The maximum Gasteiger partial charge on any atom is 0.220 e. The number of pyridine rings is 1. The Morgan fingerprint density at radius 1 is 1.03 bits per heavy atom. The standard InChI is InChI=1S/C27H26N4O2/c1-33-21-11-9-19(10-12-21)27-23(22-6-2-3-7-24(22)30-27)13-14-26(32)28-16-15-20-18-31-17-5-4-8-25(31)29-20/h2-12,17-18,30H,13-16H2,1H3,(H,28,32). The number of hydrogen-bond acceptors (Lipinski definition) is 3. The van der Waals surface area contributed by atoms with Crippen LogP contribution >= 0.6 is 0 Å². The van der Waals surface area contributed by atoms with Gasteiger partial charge in [0.2, 0.25) is 5.91 Å². The van der Waals surface area contributed by atoms with Gasteiger partial charge in [0.1, 0.15) is 11.4 Å². The van der Waals surface area contributed by atoms with Crippen LogP contribution in [0.4, 0.5) is 0 Å². The molecule has 6 heteroatoms. The van der Waals surface area contributed by atoms with Gasteiger partial charge in [0, 0.05) is 48.4 Å². The second kappa shape index (κ2) is 9.20. The average molecular weight is 439 g/mol. The van der Waals surface area contributed by atoms with Gasteiger partial charge in [-0.15, -0.1) is 0 Å². The van der Waals surface area contributed by atoms with Crippen molar-refractivity contribution in [3.8, 4) is 17.0 Å². The predicted octanol–water partition coefficient (Wildman–Crippen LogP) is 4.78. The molecule has 2 aromatic carbocycles. The lowest BCUT2D eigenvalue weighted by Gasteiger charge is -2.08. The summed E-state index contributed by atoms with van der Waals surface area (Å²) in [5.41, 5.74) is 6.26. The Labute approximate surface area is 192 Å². The summed E-state index contributed by atoms with van der Waals surface area (Å²) in [5.74, 6) is 0.867. The molecule has 3 heterocycles. The van der Waals surface area contributed by atoms with E-state index in [1.165, 1.54) is 0 Å². The van der Waals surface area contributed by atoms with Gasteiger partial charge in [-0.25, -0.2) is 4.98 Å². The molecule has 5 aromatic rings. The molecule has 3 aromatic heterocycles. The summed E-state index contributed by atoms with van der Waals surface area (Å²) in [7, 11) is 1.66. The molecule has 0 aliphatic heterocycles. The number of carbonyl (C=O) groups excluding carboxylic acids is 1. The second-order valence-corrected chi connectivity index (χ2v) is 8.05. The molecule has 0 spiro atoms. The van der Waals surface area contributed by atoms with E-state index in [4.69, 9.17) is 4.74 Å². The molecule has 0 aliphatic carbocycles. The van der Waals surface area contributed by atoms with E-state index in [-0.39, 0.29) is 5.91 Å². The van der Waals surface area contributed by atoms with Crippen LogP contribution in [-0.2, 0) is 17.6 Å². The number of aromatic amines is 1. The van der Waals surface area contributed by atoms with Crippen LogP contribution in [0.2, 0.25) is 0 Å². The van der Waals surface area contributed by atoms with Gasteiger partial charge in [-0.05, 0) is 60.0 Å². The zero-order chi connectivity index (χ0) is 22.6. The first kappa shape index (κ1) is 20.8. The number of para-hydroxylation sites is 1. The number of aromatic nitrogens is 3. The summed E-state index contributed by atoms with van der Waals surface area (Å²) in [4.78, 5) is 20.7. The predicted molar refractivity (Wildman–Crippen MR) is 131 cm³/mol. The highest BCUT2D eigenvalue weighted by atomic mass is 16.5. The Morgan fingerprint density at radius 3 is 2.67 bits per heavy atom. The molecule has 33 heavy (non-hydrogen) atoms. The molecule has 0 saturated heterocycles. The van der Waals surface area contributed by atoms with Crippen molar-refractivity contribution in [3.63, 3.8) is 0 Å². The number of H-pyrrole nitrogens is 1. The van der Waals surface area contributed by atoms with Crippen LogP contribution in [0.1, 0.15) is 17.7 Å². The highest BCUT2D eigenvalue weighted by Crippen LogP contribution is 2.32. The van der Waals surface area contributed by atoms with Crippen LogP contribution in [0.15, 0.2) is 79.1 Å². The Balaban J connectivity index is 1.25. The first-order valence-corrected chi connectivity index (χ1v) is 11.1. The Bertz CT molecular complexity index is 1370. The lowest BCUT2D eigenvalue weighted by atomic mass is 10.0. The van der Waals surface area contributed by atoms with Crippen molar-refractivity contribution in [2.45, 2.75) is 19.3 Å². The molecule has 5 rings (SSSR count). The minimum Gasteiger partial charge on any atom is -0.497 e. The molecular weight excluding hydrogens is 412 g/mol. The van der Waals surface area contributed by atoms with E-state index in [0.717, 1.165) is 44.8 Å². The third-order valence-electron chi connectivity index (χ3n) is 5.91. The van der Waals surface area contributed by atoms with Gasteiger partial charge in [0.25, 0.3) is 0 Å². The lowest BCUT2D eigenvalue weighted by molar-refractivity contribution is -0.121. The Kier molecular flexibility index (Phi) is 5.81. The number of rotatable bonds is 8. The molecule has 0 unspecified atom stereocenters. The van der Waals surface area contributed by atoms with E-state index in [1.54, 1.807) is 7.11 Å². The number of hydrogen-bond donors (Lipinski definition) is 2. The molecular formula is C27H26N4O2. The van der Waals surface area contributed by atoms with Crippen molar-refractivity contribution in [1.82, 2.24) is 19.7 Å². The van der Waals surface area contributed by atoms with Gasteiger partial charge in [-0.1, -0.05) is 24.3 Å². The third kappa shape index (κ3) is 4.46. The first-order valence-electron chi connectivity index (χ1n) is 11.1. The number of benzene rings is 2. The van der Waals surface area contributed by atoms with E-state index < -0.39 is 0 Å². The second-order valence-electron chi connectivity index (χ2n) is 8.05. The zero-order valence-electron chi connectivity index (χ0n) is 18.5. The number of ether oxygens (including phenoxy) is 1. The van der Waals surface area contributed by atoms with Gasteiger partial charge in [0.05, 0.1) is 12.8 Å². The number of aryl methyl sites for hydroxylation is 1. The van der Waals surface area contributed by atoms with Crippen molar-refractivity contribution in [2.75, 3.05) is 13.7 Å². The van der Waals surface area contributed by atoms with E-state index in [2.05, 4.69) is 27.4 Å². The number of nitrogens with zero attached hydrogens (tertiary/aromatic N) is 2. The molecule has 1 amide bonds. The average Bonchev–Trinajstić information content (AvgIpc) is 3.44. The summed E-state index contributed by atoms with van der Waals surface area (Å²) in [6, 6.07) is 22.2. The van der Waals surface area contributed by atoms with Gasteiger partial charge >= 0.3 is 0 Å². The largest absolute Gasteiger partial charge is 0.497 e. The Morgan fingerprint density at radius 2 is 1.85 bits per heavy atom. The number of fused-ring (bicyclic) bond motifs is 2. The topological polar surface area (TPSA) is 71.4 Å². The van der Waals surface area contributed by atoms with Crippen LogP contribution in [0.3, 0.4) is 0 Å². The number of imidazole rings is 1. The van der Waals surface area contributed by atoms with Crippen molar-refractivity contribution in [1.29, 1.82) is 0 Å². The molecule has 0 atom stereocenters. The quantitative estimate of drug-likeness (QED) is 0.366. The normalized spacial score (nSPS) is 11.2. The van der Waals surface area contributed by atoms with Crippen LogP contribution in [0, 0.1) is 0 Å². The summed E-state index contributed by atoms with van der Waals surface area (Å²) in [6.45, 7) is 0.571. The van der Waals surface area contributed by atoms with Crippen molar-refractivity contribution in [3.05, 3.63) is 90.4 Å². The fourth-order valence-corrected chi connectivity index (χ4v) is 4.23. The number of carbonyl (C=O) groups is 1. The zero-order valence-corrected chi connectivity index (χ0v) is 18.5. The SMILES string of the molecule is COc1ccc(-c2[nH]c3ccccc3c2CCC(=O)NCCc2cn3ccccc3n2)cc1. The molecule has 0 saturated carbocycles. The van der Waals surface area contributed by atoms with Crippen LogP contribution in [-0.4, -0.2) is 33.9 Å². The first-order chi connectivity index (χ1) is 16.2. The number of methoxy groups -OCH3 is 1. The molecule has 0 radical (unpaired) electrons. The maximum atomic E-state index is 12.6. The van der Waals surface area contributed by atoms with Gasteiger partial charge in [-0.2, -0.15) is 0 Å². The molecule has 0 aliphatic rings. The van der Waals surface area contributed by atoms with E-state index in [0.29, 0.717) is 25.8 Å². The van der Waals surface area contributed by atoms with Crippen LogP contribution in [0.5, 0.6) is 5.75 Å². The minimum absolute atomic E-state index is 0.0460. The van der Waals surface area contributed by atoms with E-state index in [1.807, 2.05) is 71.4 Å². The van der Waals surface area contributed by atoms with Crippen LogP contribution < -0.4 is 10.1 Å². The number of nitrogens with one attached hydrogen (secondary N) is 2. The Hall–Kier alpha value is -4.06. The molecule has 0 fully saturated rings. The number of amides is 1. The fraction of sp³-hybridized carbons (Fsp3) is 0.185. The lowest BCUT2D eigenvalue weighted by Crippen LogP contribution is -2.26. The monoisotopic (exact) mass is 438 g/mol. The maximum absolute atomic E-state index is 12.6. The van der Waals surface area contributed by atoms with Crippen molar-refractivity contribution >= 4 is 22.5 Å². The smallest absolute Gasteiger partial charge is 0.220 e. The summed E-state index contributed by atoms with van der Waals surface area (Å²) < 4.78 is 7.29. The molecule has 2 N–H and O–H groups in total. The van der Waals surface area contributed by atoms with Gasteiger partial charge < -0.3 is 19.4 Å². The fourth-order valence-electron chi connectivity index (χ4n) is 4.23. The minimum atomic E-state index is 0.0460. The highest BCUT2D eigenvalue weighted by Gasteiger charge is 2.14. The summed E-state index contributed by atoms with van der Waals surface area (Å²) in [5, 5.41) is 4.20. The third-order valence-corrected chi connectivity index (χ3v) is 5.91. The van der Waals surface area contributed by atoms with E-state index in [9.17, 15) is 4.79 Å². The summed E-state index contributed by atoms with van der Waals surface area (Å²) >= 11 is 0. The van der Waals surface area contributed by atoms with Crippen molar-refractivity contribution in [2.24, 2.45) is 0 Å². The van der Waals surface area contributed by atoms with Gasteiger partial charge in [-0.3, -0.25) is 4.79 Å². The van der Waals surface area contributed by atoms with Crippen molar-refractivity contribution < 1.29 is 9.53 Å². The molecule has 166 valence electrons.